The number of aliphatic hydroxyl groups is 3. The average molecular weight is 652 g/mol. The molecule has 0 aliphatic heterocycles. The summed E-state index contributed by atoms with van der Waals surface area (Å²) in [5, 5.41) is 33.2. The van der Waals surface area contributed by atoms with E-state index in [9.17, 15) is 20.1 Å². The van der Waals surface area contributed by atoms with Gasteiger partial charge in [0.15, 0.2) is 0 Å². The number of allylic oxidation sites excluding steroid dienone is 2. The van der Waals surface area contributed by atoms with Crippen molar-refractivity contribution in [2.45, 2.75) is 238 Å². The Morgan fingerprint density at radius 3 is 1.26 bits per heavy atom. The maximum absolute atomic E-state index is 12.4. The molecule has 0 aromatic heterocycles. The van der Waals surface area contributed by atoms with Gasteiger partial charge < -0.3 is 20.6 Å². The van der Waals surface area contributed by atoms with Crippen molar-refractivity contribution < 1.29 is 20.1 Å². The van der Waals surface area contributed by atoms with E-state index in [2.05, 4.69) is 31.3 Å². The highest BCUT2D eigenvalue weighted by molar-refractivity contribution is 5.76. The topological polar surface area (TPSA) is 89.8 Å². The zero-order valence-electron chi connectivity index (χ0n) is 31.0. The van der Waals surface area contributed by atoms with Crippen molar-refractivity contribution in [2.24, 2.45) is 0 Å². The van der Waals surface area contributed by atoms with Crippen molar-refractivity contribution in [3.8, 4) is 0 Å². The molecular formula is C41H81NO4. The molecule has 1 amide bonds. The van der Waals surface area contributed by atoms with Crippen LogP contribution >= 0.6 is 0 Å². The summed E-state index contributed by atoms with van der Waals surface area (Å²) >= 11 is 0. The zero-order valence-corrected chi connectivity index (χ0v) is 31.0. The Morgan fingerprint density at radius 2 is 0.870 bits per heavy atom. The van der Waals surface area contributed by atoms with Gasteiger partial charge in [-0.05, 0) is 38.5 Å². The standard InChI is InChI=1S/C41H81NO4/c1-3-5-7-9-11-13-14-15-16-17-18-19-20-21-22-23-24-25-27-28-30-32-34-38(44)36-41(46)42-39(37-43)40(45)35-33-31-29-26-12-10-8-6-4-2/h21-22,38-40,43-45H,3-20,23-37H2,1-2H3,(H,42,46)/b22-21-. The molecule has 0 radical (unpaired) electrons. The number of aliphatic hydroxyl groups excluding tert-OH is 3. The minimum atomic E-state index is -0.745. The molecule has 5 heteroatoms. The second-order valence-electron chi connectivity index (χ2n) is 14.2. The van der Waals surface area contributed by atoms with Crippen LogP contribution in [0.3, 0.4) is 0 Å². The number of carbonyl (C=O) groups excluding carboxylic acids is 1. The van der Waals surface area contributed by atoms with Crippen LogP contribution in [0.25, 0.3) is 0 Å². The van der Waals surface area contributed by atoms with Crippen LogP contribution in [0.1, 0.15) is 219 Å². The molecule has 0 spiro atoms. The van der Waals surface area contributed by atoms with E-state index in [0.29, 0.717) is 12.8 Å². The summed E-state index contributed by atoms with van der Waals surface area (Å²) in [7, 11) is 0. The molecule has 0 bridgehead atoms. The van der Waals surface area contributed by atoms with Crippen molar-refractivity contribution in [3.05, 3.63) is 12.2 Å². The van der Waals surface area contributed by atoms with Gasteiger partial charge in [0.05, 0.1) is 31.3 Å². The van der Waals surface area contributed by atoms with E-state index in [1.807, 2.05) is 0 Å². The second kappa shape index (κ2) is 36.9. The first-order chi connectivity index (χ1) is 22.5. The summed E-state index contributed by atoms with van der Waals surface area (Å²) in [6.45, 7) is 4.24. The largest absolute Gasteiger partial charge is 0.394 e. The summed E-state index contributed by atoms with van der Waals surface area (Å²) in [5.74, 6) is -0.287. The third-order valence-corrected chi connectivity index (χ3v) is 9.58. The fourth-order valence-corrected chi connectivity index (χ4v) is 6.40. The van der Waals surface area contributed by atoms with Gasteiger partial charge >= 0.3 is 0 Å². The van der Waals surface area contributed by atoms with Crippen molar-refractivity contribution in [2.75, 3.05) is 6.61 Å². The molecular weight excluding hydrogens is 570 g/mol. The lowest BCUT2D eigenvalue weighted by Crippen LogP contribution is -2.46. The number of hydrogen-bond donors (Lipinski definition) is 4. The first-order valence-electron chi connectivity index (χ1n) is 20.5. The van der Waals surface area contributed by atoms with E-state index in [1.54, 1.807) is 0 Å². The fraction of sp³-hybridized carbons (Fsp3) is 0.927. The van der Waals surface area contributed by atoms with Crippen LogP contribution in [-0.4, -0.2) is 46.1 Å². The summed E-state index contributed by atoms with van der Waals surface area (Å²) in [4.78, 5) is 12.4. The van der Waals surface area contributed by atoms with E-state index in [0.717, 1.165) is 25.7 Å². The molecule has 5 nitrogen and oxygen atoms in total. The van der Waals surface area contributed by atoms with Crippen LogP contribution in [0.2, 0.25) is 0 Å². The number of unbranched alkanes of at least 4 members (excludes halogenated alkanes) is 26. The summed E-state index contributed by atoms with van der Waals surface area (Å²) in [6.07, 6.45) is 41.8. The molecule has 0 fully saturated rings. The molecule has 274 valence electrons. The lowest BCUT2D eigenvalue weighted by atomic mass is 10.0. The van der Waals surface area contributed by atoms with Crippen molar-refractivity contribution in [1.29, 1.82) is 0 Å². The van der Waals surface area contributed by atoms with Gasteiger partial charge in [-0.15, -0.1) is 0 Å². The number of nitrogens with one attached hydrogen (secondary N) is 1. The average Bonchev–Trinajstić information content (AvgIpc) is 3.05. The third kappa shape index (κ3) is 33.0. The molecule has 0 aromatic rings. The maximum Gasteiger partial charge on any atom is 0.222 e. The molecule has 46 heavy (non-hydrogen) atoms. The molecule has 0 aliphatic rings. The first kappa shape index (κ1) is 45.1. The van der Waals surface area contributed by atoms with E-state index in [1.165, 1.54) is 161 Å². The van der Waals surface area contributed by atoms with Gasteiger partial charge in [-0.2, -0.15) is 0 Å². The molecule has 3 atom stereocenters. The highest BCUT2D eigenvalue weighted by Gasteiger charge is 2.21. The maximum atomic E-state index is 12.4. The van der Waals surface area contributed by atoms with Gasteiger partial charge in [-0.25, -0.2) is 0 Å². The molecule has 0 aliphatic carbocycles. The highest BCUT2D eigenvalue weighted by atomic mass is 16.3. The second-order valence-corrected chi connectivity index (χ2v) is 14.2. The monoisotopic (exact) mass is 652 g/mol. The fourth-order valence-electron chi connectivity index (χ4n) is 6.40. The predicted molar refractivity (Wildman–Crippen MR) is 199 cm³/mol. The van der Waals surface area contributed by atoms with Crippen LogP contribution in [0.5, 0.6) is 0 Å². The number of rotatable bonds is 37. The number of hydrogen-bond acceptors (Lipinski definition) is 4. The quantitative estimate of drug-likeness (QED) is 0.0397. The zero-order chi connectivity index (χ0) is 33.8. The van der Waals surface area contributed by atoms with Crippen LogP contribution in [0.4, 0.5) is 0 Å². The van der Waals surface area contributed by atoms with Crippen LogP contribution in [0, 0.1) is 0 Å². The van der Waals surface area contributed by atoms with Crippen molar-refractivity contribution in [3.63, 3.8) is 0 Å². The van der Waals surface area contributed by atoms with Crippen LogP contribution < -0.4 is 5.32 Å². The van der Waals surface area contributed by atoms with Crippen LogP contribution in [-0.2, 0) is 4.79 Å². The Bertz CT molecular complexity index is 640. The van der Waals surface area contributed by atoms with Gasteiger partial charge in [-0.3, -0.25) is 4.79 Å². The van der Waals surface area contributed by atoms with Crippen molar-refractivity contribution >= 4 is 5.91 Å². The Kier molecular flexibility index (Phi) is 36.2. The van der Waals surface area contributed by atoms with Gasteiger partial charge in [0.2, 0.25) is 5.91 Å². The van der Waals surface area contributed by atoms with E-state index in [-0.39, 0.29) is 18.9 Å². The van der Waals surface area contributed by atoms with Crippen LogP contribution in [0.15, 0.2) is 12.2 Å². The van der Waals surface area contributed by atoms with Gasteiger partial charge in [0, 0.05) is 0 Å². The lowest BCUT2D eigenvalue weighted by molar-refractivity contribution is -0.125. The summed E-state index contributed by atoms with van der Waals surface area (Å²) in [6, 6.07) is -0.655. The normalized spacial score (nSPS) is 13.8. The SMILES string of the molecule is CCCCCCCCCCCCCC/C=C\CCCCCCCCC(O)CC(=O)NC(CO)C(O)CCCCCCCCCCC. The molecule has 3 unspecified atom stereocenters. The van der Waals surface area contributed by atoms with Gasteiger partial charge in [0.25, 0.3) is 0 Å². The Labute approximate surface area is 287 Å². The Hall–Kier alpha value is -0.910. The Morgan fingerprint density at radius 1 is 0.522 bits per heavy atom. The minimum Gasteiger partial charge on any atom is -0.394 e. The summed E-state index contributed by atoms with van der Waals surface area (Å²) < 4.78 is 0. The molecule has 0 heterocycles. The Balaban J connectivity index is 3.57. The van der Waals surface area contributed by atoms with E-state index < -0.39 is 18.2 Å². The minimum absolute atomic E-state index is 0.0346. The highest BCUT2D eigenvalue weighted by Crippen LogP contribution is 2.15. The van der Waals surface area contributed by atoms with Crippen molar-refractivity contribution in [1.82, 2.24) is 5.32 Å². The molecule has 0 saturated heterocycles. The first-order valence-corrected chi connectivity index (χ1v) is 20.5. The molecule has 0 rings (SSSR count). The van der Waals surface area contributed by atoms with Gasteiger partial charge in [0.1, 0.15) is 0 Å². The number of amides is 1. The third-order valence-electron chi connectivity index (χ3n) is 9.58. The van der Waals surface area contributed by atoms with E-state index >= 15 is 0 Å². The smallest absolute Gasteiger partial charge is 0.222 e. The van der Waals surface area contributed by atoms with Gasteiger partial charge in [-0.1, -0.05) is 187 Å². The van der Waals surface area contributed by atoms with E-state index in [4.69, 9.17) is 0 Å². The number of carbonyl (C=O) groups is 1. The predicted octanol–water partition coefficient (Wildman–Crippen LogP) is 11.3. The molecule has 0 aromatic carbocycles. The summed E-state index contributed by atoms with van der Waals surface area (Å²) in [5.41, 5.74) is 0. The lowest BCUT2D eigenvalue weighted by Gasteiger charge is -2.23. The molecule has 4 N–H and O–H groups in total. The molecule has 0 saturated carbocycles.